The van der Waals surface area contributed by atoms with Crippen molar-refractivity contribution in [3.8, 4) is 6.07 Å². The molecule has 0 spiro atoms. The van der Waals surface area contributed by atoms with E-state index in [1.165, 1.54) is 0 Å². The fraction of sp³-hybridized carbons (Fsp3) is 0.429. The maximum Gasteiger partial charge on any atom is 0.322 e. The van der Waals surface area contributed by atoms with Crippen LogP contribution in [0.1, 0.15) is 25.8 Å². The number of nitriles is 1. The van der Waals surface area contributed by atoms with E-state index in [1.807, 2.05) is 45.0 Å². The number of rotatable bonds is 4. The molecule has 4 nitrogen and oxygen atoms in total. The Labute approximate surface area is 108 Å². The van der Waals surface area contributed by atoms with Gasteiger partial charge < -0.3 is 10.2 Å². The number of benzene rings is 1. The number of amides is 2. The Bertz CT molecular complexity index is 431. The fourth-order valence-electron chi connectivity index (χ4n) is 1.60. The van der Waals surface area contributed by atoms with Crippen molar-refractivity contribution < 1.29 is 4.79 Å². The quantitative estimate of drug-likeness (QED) is 0.885. The summed E-state index contributed by atoms with van der Waals surface area (Å²) in [5, 5.41) is 11.4. The minimum absolute atomic E-state index is 0.0730. The van der Waals surface area contributed by atoms with E-state index in [1.54, 1.807) is 4.90 Å². The molecular formula is C14H19N3O. The zero-order valence-electron chi connectivity index (χ0n) is 11.1. The Hall–Kier alpha value is -2.02. The van der Waals surface area contributed by atoms with Crippen LogP contribution in [0.15, 0.2) is 24.3 Å². The lowest BCUT2D eigenvalue weighted by molar-refractivity contribution is 0.198. The minimum atomic E-state index is -0.163. The Morgan fingerprint density at radius 1 is 1.39 bits per heavy atom. The van der Waals surface area contributed by atoms with Crippen LogP contribution < -0.4 is 5.32 Å². The van der Waals surface area contributed by atoms with Crippen molar-refractivity contribution in [3.05, 3.63) is 29.8 Å². The third kappa shape index (κ3) is 4.10. The van der Waals surface area contributed by atoms with Crippen LogP contribution in [0.5, 0.6) is 0 Å². The molecule has 0 saturated heterocycles. The summed E-state index contributed by atoms with van der Waals surface area (Å²) in [6, 6.07) is 9.61. The van der Waals surface area contributed by atoms with Crippen molar-refractivity contribution in [3.63, 3.8) is 0 Å². The van der Waals surface area contributed by atoms with Crippen molar-refractivity contribution >= 4 is 11.7 Å². The normalized spacial score (nSPS) is 9.94. The van der Waals surface area contributed by atoms with Gasteiger partial charge in [-0.3, -0.25) is 0 Å². The molecule has 18 heavy (non-hydrogen) atoms. The highest BCUT2D eigenvalue weighted by Crippen LogP contribution is 2.11. The molecule has 0 saturated carbocycles. The van der Waals surface area contributed by atoms with Crippen LogP contribution in [0.2, 0.25) is 0 Å². The van der Waals surface area contributed by atoms with Crippen LogP contribution in [0.4, 0.5) is 10.5 Å². The summed E-state index contributed by atoms with van der Waals surface area (Å²) < 4.78 is 0. The standard InChI is InChI=1S/C14H19N3O/c1-11(2)17(10-4-9-15)14(18)16-13-7-5-12(3)6-8-13/h5-8,11H,4,10H2,1-3H3,(H,16,18). The van der Waals surface area contributed by atoms with Crippen molar-refractivity contribution in [1.82, 2.24) is 4.90 Å². The molecule has 1 aromatic rings. The molecule has 1 rings (SSSR count). The molecule has 0 fully saturated rings. The van der Waals surface area contributed by atoms with E-state index in [9.17, 15) is 4.79 Å². The van der Waals surface area contributed by atoms with Gasteiger partial charge in [0.05, 0.1) is 12.5 Å². The maximum atomic E-state index is 12.1. The predicted molar refractivity (Wildman–Crippen MR) is 72.3 cm³/mol. The van der Waals surface area contributed by atoms with Gasteiger partial charge in [-0.15, -0.1) is 0 Å². The second kappa shape index (κ2) is 6.65. The first-order valence-corrected chi connectivity index (χ1v) is 6.06. The highest BCUT2D eigenvalue weighted by molar-refractivity contribution is 5.89. The third-order valence-electron chi connectivity index (χ3n) is 2.65. The van der Waals surface area contributed by atoms with Crippen molar-refractivity contribution in [2.24, 2.45) is 0 Å². The first-order chi connectivity index (χ1) is 8.54. The van der Waals surface area contributed by atoms with E-state index in [0.717, 1.165) is 11.3 Å². The summed E-state index contributed by atoms with van der Waals surface area (Å²) in [6.45, 7) is 6.32. The monoisotopic (exact) mass is 245 g/mol. The van der Waals surface area contributed by atoms with E-state index in [0.29, 0.717) is 13.0 Å². The van der Waals surface area contributed by atoms with E-state index >= 15 is 0 Å². The first kappa shape index (κ1) is 14.0. The molecule has 96 valence electrons. The molecule has 0 unspecified atom stereocenters. The van der Waals surface area contributed by atoms with E-state index in [-0.39, 0.29) is 12.1 Å². The van der Waals surface area contributed by atoms with Gasteiger partial charge in [0.1, 0.15) is 0 Å². The molecule has 0 heterocycles. The second-order valence-electron chi connectivity index (χ2n) is 4.49. The van der Waals surface area contributed by atoms with Gasteiger partial charge in [-0.05, 0) is 32.9 Å². The fourth-order valence-corrected chi connectivity index (χ4v) is 1.60. The average molecular weight is 245 g/mol. The van der Waals surface area contributed by atoms with Crippen molar-refractivity contribution in [2.45, 2.75) is 33.2 Å². The van der Waals surface area contributed by atoms with E-state index in [4.69, 9.17) is 5.26 Å². The van der Waals surface area contributed by atoms with E-state index in [2.05, 4.69) is 11.4 Å². The van der Waals surface area contributed by atoms with E-state index < -0.39 is 0 Å². The Morgan fingerprint density at radius 2 is 2.00 bits per heavy atom. The largest absolute Gasteiger partial charge is 0.322 e. The van der Waals surface area contributed by atoms with Crippen molar-refractivity contribution in [1.29, 1.82) is 5.26 Å². The van der Waals surface area contributed by atoms with Crippen LogP contribution in [-0.2, 0) is 0 Å². The number of hydrogen-bond acceptors (Lipinski definition) is 2. The molecule has 0 aliphatic rings. The summed E-state index contributed by atoms with van der Waals surface area (Å²) in [4.78, 5) is 13.7. The lowest BCUT2D eigenvalue weighted by Crippen LogP contribution is -2.40. The number of nitrogens with zero attached hydrogens (tertiary/aromatic N) is 2. The topological polar surface area (TPSA) is 56.1 Å². The molecule has 0 aromatic heterocycles. The number of anilines is 1. The number of carbonyl (C=O) groups is 1. The van der Waals surface area contributed by atoms with Crippen LogP contribution >= 0.6 is 0 Å². The number of nitrogens with one attached hydrogen (secondary N) is 1. The van der Waals surface area contributed by atoms with Gasteiger partial charge in [0.2, 0.25) is 0 Å². The molecule has 0 atom stereocenters. The Kier molecular flexibility index (Phi) is 5.19. The van der Waals surface area contributed by atoms with Crippen LogP contribution in [0.3, 0.4) is 0 Å². The lowest BCUT2D eigenvalue weighted by Gasteiger charge is -2.26. The molecular weight excluding hydrogens is 226 g/mol. The number of aryl methyl sites for hydroxylation is 1. The Morgan fingerprint density at radius 3 is 2.50 bits per heavy atom. The lowest BCUT2D eigenvalue weighted by atomic mass is 10.2. The van der Waals surface area contributed by atoms with Crippen LogP contribution in [-0.4, -0.2) is 23.5 Å². The molecule has 0 radical (unpaired) electrons. The summed E-state index contributed by atoms with van der Waals surface area (Å²) in [5.74, 6) is 0. The molecule has 1 N–H and O–H groups in total. The third-order valence-corrected chi connectivity index (χ3v) is 2.65. The highest BCUT2D eigenvalue weighted by Gasteiger charge is 2.16. The first-order valence-electron chi connectivity index (χ1n) is 6.06. The summed E-state index contributed by atoms with van der Waals surface area (Å²) in [5.41, 5.74) is 1.92. The van der Waals surface area contributed by atoms with Crippen LogP contribution in [0.25, 0.3) is 0 Å². The molecule has 1 aromatic carbocycles. The number of urea groups is 1. The van der Waals surface area contributed by atoms with Crippen molar-refractivity contribution in [2.75, 3.05) is 11.9 Å². The SMILES string of the molecule is Cc1ccc(NC(=O)N(CCC#N)C(C)C)cc1. The Balaban J connectivity index is 2.67. The van der Waals surface area contributed by atoms with Gasteiger partial charge in [-0.2, -0.15) is 5.26 Å². The molecule has 2 amide bonds. The van der Waals surface area contributed by atoms with Gasteiger partial charge in [0.25, 0.3) is 0 Å². The average Bonchev–Trinajstić information content (AvgIpc) is 2.32. The molecule has 0 aliphatic heterocycles. The second-order valence-corrected chi connectivity index (χ2v) is 4.49. The zero-order valence-corrected chi connectivity index (χ0v) is 11.1. The number of hydrogen-bond donors (Lipinski definition) is 1. The van der Waals surface area contributed by atoms with Gasteiger partial charge in [0, 0.05) is 18.3 Å². The number of carbonyl (C=O) groups excluding carboxylic acids is 1. The maximum absolute atomic E-state index is 12.1. The van der Waals surface area contributed by atoms with Gasteiger partial charge >= 0.3 is 6.03 Å². The zero-order chi connectivity index (χ0) is 13.5. The van der Waals surface area contributed by atoms with Gasteiger partial charge in [-0.1, -0.05) is 17.7 Å². The summed E-state index contributed by atoms with van der Waals surface area (Å²) >= 11 is 0. The minimum Gasteiger partial charge on any atom is -0.321 e. The predicted octanol–water partition coefficient (Wildman–Crippen LogP) is 3.15. The van der Waals surface area contributed by atoms with Gasteiger partial charge in [0.15, 0.2) is 0 Å². The van der Waals surface area contributed by atoms with Gasteiger partial charge in [-0.25, -0.2) is 4.79 Å². The molecule has 4 heteroatoms. The molecule has 0 bridgehead atoms. The molecule has 0 aliphatic carbocycles. The highest BCUT2D eigenvalue weighted by atomic mass is 16.2. The summed E-state index contributed by atoms with van der Waals surface area (Å²) in [7, 11) is 0. The smallest absolute Gasteiger partial charge is 0.321 e. The van der Waals surface area contributed by atoms with Crippen LogP contribution in [0, 0.1) is 18.3 Å². The summed E-state index contributed by atoms with van der Waals surface area (Å²) in [6.07, 6.45) is 0.347.